The van der Waals surface area contributed by atoms with Gasteiger partial charge in [-0.05, 0) is 32.0 Å². The zero-order valence-corrected chi connectivity index (χ0v) is 10.9. The summed E-state index contributed by atoms with van der Waals surface area (Å²) in [6.45, 7) is 4.04. The lowest BCUT2D eigenvalue weighted by molar-refractivity contribution is -0.133. The molecule has 1 aromatic carbocycles. The Morgan fingerprint density at radius 3 is 2.84 bits per heavy atom. The SMILES string of the molecule is CC1(C)C(=O)NCCN1C(=O)c1cc(F)ccc1N. The average Bonchev–Trinajstić information content (AvgIpc) is 2.35. The summed E-state index contributed by atoms with van der Waals surface area (Å²) in [7, 11) is 0. The van der Waals surface area contributed by atoms with Crippen LogP contribution >= 0.6 is 0 Å². The lowest BCUT2D eigenvalue weighted by Crippen LogP contribution is -2.63. The number of rotatable bonds is 1. The monoisotopic (exact) mass is 265 g/mol. The Kier molecular flexibility index (Phi) is 3.18. The molecular formula is C13H16FN3O2. The molecule has 0 aliphatic carbocycles. The number of piperazine rings is 1. The highest BCUT2D eigenvalue weighted by Crippen LogP contribution is 2.23. The van der Waals surface area contributed by atoms with Crippen LogP contribution in [0.25, 0.3) is 0 Å². The van der Waals surface area contributed by atoms with E-state index in [1.54, 1.807) is 13.8 Å². The maximum atomic E-state index is 13.2. The minimum atomic E-state index is -0.978. The van der Waals surface area contributed by atoms with Crippen molar-refractivity contribution in [1.82, 2.24) is 10.2 Å². The van der Waals surface area contributed by atoms with Crippen molar-refractivity contribution < 1.29 is 14.0 Å². The molecule has 1 aromatic rings. The largest absolute Gasteiger partial charge is 0.398 e. The quantitative estimate of drug-likeness (QED) is 0.736. The molecule has 0 radical (unpaired) electrons. The molecule has 1 aliphatic rings. The highest BCUT2D eigenvalue weighted by Gasteiger charge is 2.41. The first kappa shape index (κ1) is 13.3. The van der Waals surface area contributed by atoms with Crippen LogP contribution < -0.4 is 11.1 Å². The minimum absolute atomic E-state index is 0.0859. The number of nitrogens with two attached hydrogens (primary N) is 1. The molecule has 2 amide bonds. The highest BCUT2D eigenvalue weighted by molar-refractivity contribution is 6.02. The van der Waals surface area contributed by atoms with Gasteiger partial charge in [0, 0.05) is 18.8 Å². The van der Waals surface area contributed by atoms with E-state index in [1.165, 1.54) is 17.0 Å². The third kappa shape index (κ3) is 2.25. The van der Waals surface area contributed by atoms with Crippen LogP contribution in [0.5, 0.6) is 0 Å². The second kappa shape index (κ2) is 4.53. The van der Waals surface area contributed by atoms with Crippen molar-refractivity contribution in [1.29, 1.82) is 0 Å². The number of halogens is 1. The van der Waals surface area contributed by atoms with E-state index in [9.17, 15) is 14.0 Å². The summed E-state index contributed by atoms with van der Waals surface area (Å²) < 4.78 is 13.2. The van der Waals surface area contributed by atoms with E-state index in [0.717, 1.165) is 6.07 Å². The van der Waals surface area contributed by atoms with Crippen LogP contribution in [0, 0.1) is 5.82 Å². The normalized spacial score (nSPS) is 18.1. The van der Waals surface area contributed by atoms with Gasteiger partial charge >= 0.3 is 0 Å². The van der Waals surface area contributed by atoms with Crippen LogP contribution in [0.3, 0.4) is 0 Å². The number of amides is 2. The molecule has 3 N–H and O–H groups in total. The van der Waals surface area contributed by atoms with Crippen molar-refractivity contribution in [3.63, 3.8) is 0 Å². The summed E-state index contributed by atoms with van der Waals surface area (Å²) in [5, 5.41) is 2.70. The Labute approximate surface area is 110 Å². The van der Waals surface area contributed by atoms with Gasteiger partial charge in [-0.25, -0.2) is 4.39 Å². The second-order valence-electron chi connectivity index (χ2n) is 5.00. The van der Waals surface area contributed by atoms with Gasteiger partial charge in [-0.3, -0.25) is 9.59 Å². The fourth-order valence-electron chi connectivity index (χ4n) is 2.11. The molecule has 6 heteroatoms. The Bertz CT molecular complexity index is 543. The summed E-state index contributed by atoms with van der Waals surface area (Å²) in [5.41, 5.74) is 5.02. The van der Waals surface area contributed by atoms with Crippen LogP contribution in [0.1, 0.15) is 24.2 Å². The van der Waals surface area contributed by atoms with E-state index in [0.29, 0.717) is 13.1 Å². The zero-order valence-electron chi connectivity index (χ0n) is 10.9. The van der Waals surface area contributed by atoms with Gasteiger partial charge in [0.15, 0.2) is 0 Å². The van der Waals surface area contributed by atoms with E-state index in [2.05, 4.69) is 5.32 Å². The van der Waals surface area contributed by atoms with Gasteiger partial charge in [0.05, 0.1) is 5.56 Å². The van der Waals surface area contributed by atoms with Crippen LogP contribution in [0.4, 0.5) is 10.1 Å². The van der Waals surface area contributed by atoms with Crippen LogP contribution in [-0.4, -0.2) is 35.3 Å². The first-order valence-corrected chi connectivity index (χ1v) is 5.99. The van der Waals surface area contributed by atoms with Crippen molar-refractivity contribution in [2.45, 2.75) is 19.4 Å². The number of hydrogen-bond donors (Lipinski definition) is 2. The molecule has 1 heterocycles. The van der Waals surface area contributed by atoms with Crippen molar-refractivity contribution in [3.05, 3.63) is 29.6 Å². The second-order valence-corrected chi connectivity index (χ2v) is 5.00. The molecule has 1 fully saturated rings. The van der Waals surface area contributed by atoms with Crippen LogP contribution in [0.2, 0.25) is 0 Å². The number of carbonyl (C=O) groups excluding carboxylic acids is 2. The molecule has 2 rings (SSSR count). The number of nitrogen functional groups attached to an aromatic ring is 1. The predicted molar refractivity (Wildman–Crippen MR) is 68.9 cm³/mol. The average molecular weight is 265 g/mol. The summed E-state index contributed by atoms with van der Waals surface area (Å²) in [6, 6.07) is 3.64. The number of nitrogens with one attached hydrogen (secondary N) is 1. The first-order valence-electron chi connectivity index (χ1n) is 5.99. The number of hydrogen-bond acceptors (Lipinski definition) is 3. The zero-order chi connectivity index (χ0) is 14.2. The molecule has 102 valence electrons. The molecular weight excluding hydrogens is 249 g/mol. The molecule has 0 atom stereocenters. The smallest absolute Gasteiger partial charge is 0.256 e. The minimum Gasteiger partial charge on any atom is -0.398 e. The molecule has 1 aliphatic heterocycles. The van der Waals surface area contributed by atoms with Gasteiger partial charge in [0.2, 0.25) is 5.91 Å². The number of benzene rings is 1. The standard InChI is InChI=1S/C13H16FN3O2/c1-13(2)12(19)16-5-6-17(13)11(18)9-7-8(14)3-4-10(9)15/h3-4,7H,5-6,15H2,1-2H3,(H,16,19). The van der Waals surface area contributed by atoms with E-state index in [4.69, 9.17) is 5.73 Å². The van der Waals surface area contributed by atoms with Gasteiger partial charge in [0.1, 0.15) is 11.4 Å². The predicted octanol–water partition coefficient (Wildman–Crippen LogP) is 0.758. The van der Waals surface area contributed by atoms with Gasteiger partial charge in [-0.1, -0.05) is 0 Å². The van der Waals surface area contributed by atoms with Gasteiger partial charge < -0.3 is 16.0 Å². The van der Waals surface area contributed by atoms with Gasteiger partial charge in [-0.15, -0.1) is 0 Å². The van der Waals surface area contributed by atoms with Crippen molar-refractivity contribution in [2.24, 2.45) is 0 Å². The molecule has 5 nitrogen and oxygen atoms in total. The maximum Gasteiger partial charge on any atom is 0.256 e. The molecule has 0 saturated carbocycles. The number of nitrogens with zero attached hydrogens (tertiary/aromatic N) is 1. The third-order valence-electron chi connectivity index (χ3n) is 3.34. The van der Waals surface area contributed by atoms with E-state index in [-0.39, 0.29) is 17.2 Å². The summed E-state index contributed by atoms with van der Waals surface area (Å²) >= 11 is 0. The van der Waals surface area contributed by atoms with E-state index >= 15 is 0 Å². The lowest BCUT2D eigenvalue weighted by atomic mass is 9.97. The molecule has 0 bridgehead atoms. The van der Waals surface area contributed by atoms with Crippen LogP contribution in [-0.2, 0) is 4.79 Å². The molecule has 0 spiro atoms. The van der Waals surface area contributed by atoms with Gasteiger partial charge in [0.25, 0.3) is 5.91 Å². The van der Waals surface area contributed by atoms with Gasteiger partial charge in [-0.2, -0.15) is 0 Å². The summed E-state index contributed by atoms with van der Waals surface area (Å²) in [6.07, 6.45) is 0. The topological polar surface area (TPSA) is 75.4 Å². The summed E-state index contributed by atoms with van der Waals surface area (Å²) in [4.78, 5) is 25.7. The Morgan fingerprint density at radius 1 is 1.47 bits per heavy atom. The highest BCUT2D eigenvalue weighted by atomic mass is 19.1. The Balaban J connectivity index is 2.38. The van der Waals surface area contributed by atoms with E-state index in [1.807, 2.05) is 0 Å². The Hall–Kier alpha value is -2.11. The van der Waals surface area contributed by atoms with Crippen molar-refractivity contribution in [3.8, 4) is 0 Å². The van der Waals surface area contributed by atoms with Crippen molar-refractivity contribution >= 4 is 17.5 Å². The van der Waals surface area contributed by atoms with Crippen molar-refractivity contribution in [2.75, 3.05) is 18.8 Å². The fourth-order valence-corrected chi connectivity index (χ4v) is 2.11. The number of anilines is 1. The molecule has 0 aromatic heterocycles. The summed E-state index contributed by atoms with van der Waals surface area (Å²) in [5.74, 6) is -1.20. The third-order valence-corrected chi connectivity index (χ3v) is 3.34. The number of carbonyl (C=O) groups is 2. The Morgan fingerprint density at radius 2 is 2.16 bits per heavy atom. The molecule has 0 unspecified atom stereocenters. The fraction of sp³-hybridized carbons (Fsp3) is 0.385. The lowest BCUT2D eigenvalue weighted by Gasteiger charge is -2.41. The van der Waals surface area contributed by atoms with Crippen LogP contribution in [0.15, 0.2) is 18.2 Å². The first-order chi connectivity index (χ1) is 8.84. The molecule has 19 heavy (non-hydrogen) atoms. The van der Waals surface area contributed by atoms with E-state index < -0.39 is 17.3 Å². The maximum absolute atomic E-state index is 13.2. The molecule has 1 saturated heterocycles.